The van der Waals surface area contributed by atoms with Crippen LogP contribution in [0.5, 0.6) is 5.75 Å². The predicted molar refractivity (Wildman–Crippen MR) is 125 cm³/mol. The van der Waals surface area contributed by atoms with Crippen molar-refractivity contribution >= 4 is 18.0 Å². The van der Waals surface area contributed by atoms with E-state index in [9.17, 15) is 9.59 Å². The molecule has 0 saturated heterocycles. The van der Waals surface area contributed by atoms with Crippen LogP contribution in [-0.2, 0) is 29.0 Å². The van der Waals surface area contributed by atoms with E-state index >= 15 is 0 Å². The highest BCUT2D eigenvalue weighted by Crippen LogP contribution is 2.22. The molecule has 3 aromatic carbocycles. The lowest BCUT2D eigenvalue weighted by molar-refractivity contribution is -0.131. The summed E-state index contributed by atoms with van der Waals surface area (Å²) < 4.78 is 5.90. The van der Waals surface area contributed by atoms with E-state index in [1.165, 1.54) is 11.6 Å². The summed E-state index contributed by atoms with van der Waals surface area (Å²) in [6, 6.07) is 25.2. The summed E-state index contributed by atoms with van der Waals surface area (Å²) >= 11 is 0. The number of likely N-dealkylation sites (N-methyl/N-ethyl adjacent to an activating group) is 1. The standard InChI is InChI=1S/C27H27NO4/c1-28(17-16-21-8-4-2-5-9-21)26(29)19-24-18-25(14-12-23(24)13-15-27(30)31)32-20-22-10-6-3-7-11-22/h2-15,18H,16-17,19-20H2,1H3,(H,30,31)/b15-13+. The molecule has 5 heteroatoms. The third-order valence-electron chi connectivity index (χ3n) is 5.11. The minimum absolute atomic E-state index is 0.0360. The molecule has 3 rings (SSSR count). The van der Waals surface area contributed by atoms with Gasteiger partial charge in [-0.15, -0.1) is 0 Å². The lowest BCUT2D eigenvalue weighted by Gasteiger charge is -2.18. The van der Waals surface area contributed by atoms with Crippen molar-refractivity contribution in [2.24, 2.45) is 0 Å². The second kappa shape index (κ2) is 11.5. The molecule has 0 aromatic heterocycles. The highest BCUT2D eigenvalue weighted by Gasteiger charge is 2.13. The number of benzene rings is 3. The normalized spacial score (nSPS) is 10.8. The monoisotopic (exact) mass is 429 g/mol. The lowest BCUT2D eigenvalue weighted by Crippen LogP contribution is -2.30. The van der Waals surface area contributed by atoms with E-state index in [1.807, 2.05) is 66.7 Å². The average Bonchev–Trinajstić information content (AvgIpc) is 2.81. The molecule has 0 saturated carbocycles. The van der Waals surface area contributed by atoms with Gasteiger partial charge in [-0.25, -0.2) is 4.79 Å². The largest absolute Gasteiger partial charge is 0.489 e. The maximum absolute atomic E-state index is 12.9. The van der Waals surface area contributed by atoms with E-state index in [4.69, 9.17) is 9.84 Å². The van der Waals surface area contributed by atoms with E-state index in [2.05, 4.69) is 0 Å². The van der Waals surface area contributed by atoms with Crippen LogP contribution in [0.4, 0.5) is 0 Å². The zero-order chi connectivity index (χ0) is 22.8. The van der Waals surface area contributed by atoms with Crippen molar-refractivity contribution in [1.29, 1.82) is 0 Å². The number of ether oxygens (including phenoxy) is 1. The van der Waals surface area contributed by atoms with Gasteiger partial charge >= 0.3 is 5.97 Å². The molecular weight excluding hydrogens is 402 g/mol. The Kier molecular flexibility index (Phi) is 8.21. The average molecular weight is 430 g/mol. The maximum atomic E-state index is 12.9. The Morgan fingerprint density at radius 1 is 0.938 bits per heavy atom. The number of nitrogens with zero attached hydrogens (tertiary/aromatic N) is 1. The first kappa shape index (κ1) is 22.8. The fraction of sp³-hybridized carbons (Fsp3) is 0.185. The summed E-state index contributed by atoms with van der Waals surface area (Å²) in [5.41, 5.74) is 3.63. The second-order valence-corrected chi connectivity index (χ2v) is 7.53. The molecule has 0 aliphatic carbocycles. The Balaban J connectivity index is 1.70. The zero-order valence-corrected chi connectivity index (χ0v) is 18.1. The van der Waals surface area contributed by atoms with Gasteiger partial charge in [0.05, 0.1) is 6.42 Å². The van der Waals surface area contributed by atoms with Crippen molar-refractivity contribution in [3.8, 4) is 5.75 Å². The summed E-state index contributed by atoms with van der Waals surface area (Å²) in [6.45, 7) is 1.02. The molecule has 1 N–H and O–H groups in total. The number of carboxylic acid groups (broad SMARTS) is 1. The van der Waals surface area contributed by atoms with Crippen molar-refractivity contribution in [3.63, 3.8) is 0 Å². The van der Waals surface area contributed by atoms with Gasteiger partial charge in [0.25, 0.3) is 0 Å². The van der Waals surface area contributed by atoms with E-state index in [-0.39, 0.29) is 12.3 Å². The summed E-state index contributed by atoms with van der Waals surface area (Å²) in [5.74, 6) is -0.436. The summed E-state index contributed by atoms with van der Waals surface area (Å²) in [5, 5.41) is 8.99. The Hall–Kier alpha value is -3.86. The fourth-order valence-electron chi connectivity index (χ4n) is 3.25. The highest BCUT2D eigenvalue weighted by atomic mass is 16.5. The minimum Gasteiger partial charge on any atom is -0.489 e. The lowest BCUT2D eigenvalue weighted by atomic mass is 10.0. The van der Waals surface area contributed by atoms with Gasteiger partial charge in [-0.1, -0.05) is 66.7 Å². The second-order valence-electron chi connectivity index (χ2n) is 7.53. The van der Waals surface area contributed by atoms with Crippen molar-refractivity contribution in [2.45, 2.75) is 19.4 Å². The van der Waals surface area contributed by atoms with Crippen molar-refractivity contribution in [1.82, 2.24) is 4.90 Å². The molecule has 0 fully saturated rings. The first-order valence-corrected chi connectivity index (χ1v) is 10.5. The van der Waals surface area contributed by atoms with E-state index in [1.54, 1.807) is 24.1 Å². The van der Waals surface area contributed by atoms with Crippen LogP contribution >= 0.6 is 0 Å². The van der Waals surface area contributed by atoms with Crippen molar-refractivity contribution in [2.75, 3.05) is 13.6 Å². The Bertz CT molecular complexity index is 1060. The van der Waals surface area contributed by atoms with E-state index in [0.29, 0.717) is 24.5 Å². The number of amides is 1. The van der Waals surface area contributed by atoms with E-state index < -0.39 is 5.97 Å². The number of rotatable bonds is 10. The van der Waals surface area contributed by atoms with Crippen LogP contribution in [0.1, 0.15) is 22.3 Å². The van der Waals surface area contributed by atoms with Crippen LogP contribution in [0, 0.1) is 0 Å². The van der Waals surface area contributed by atoms with Crippen LogP contribution in [0.15, 0.2) is 84.9 Å². The first-order valence-electron chi connectivity index (χ1n) is 10.5. The molecule has 0 aliphatic rings. The van der Waals surface area contributed by atoms with Gasteiger partial charge in [0.2, 0.25) is 5.91 Å². The van der Waals surface area contributed by atoms with Crippen LogP contribution in [-0.4, -0.2) is 35.5 Å². The van der Waals surface area contributed by atoms with Crippen LogP contribution < -0.4 is 4.74 Å². The molecule has 0 aliphatic heterocycles. The Labute approximate surface area is 188 Å². The molecule has 1 amide bonds. The van der Waals surface area contributed by atoms with E-state index in [0.717, 1.165) is 23.6 Å². The molecule has 32 heavy (non-hydrogen) atoms. The quantitative estimate of drug-likeness (QED) is 0.478. The molecule has 0 heterocycles. The minimum atomic E-state index is -1.04. The van der Waals surface area contributed by atoms with Gasteiger partial charge in [0.15, 0.2) is 0 Å². The van der Waals surface area contributed by atoms with Crippen LogP contribution in [0.3, 0.4) is 0 Å². The SMILES string of the molecule is CN(CCc1ccccc1)C(=O)Cc1cc(OCc2ccccc2)ccc1/C=C/C(=O)O. The molecule has 5 nitrogen and oxygen atoms in total. The molecule has 0 atom stereocenters. The number of carbonyl (C=O) groups is 2. The first-order chi connectivity index (χ1) is 15.5. The predicted octanol–water partition coefficient (Wildman–Crippen LogP) is 4.61. The molecule has 3 aromatic rings. The fourth-order valence-corrected chi connectivity index (χ4v) is 3.25. The van der Waals surface area contributed by atoms with Gasteiger partial charge < -0.3 is 14.7 Å². The van der Waals surface area contributed by atoms with Crippen molar-refractivity contribution in [3.05, 3.63) is 107 Å². The summed E-state index contributed by atoms with van der Waals surface area (Å²) in [4.78, 5) is 25.5. The summed E-state index contributed by atoms with van der Waals surface area (Å²) in [6.07, 6.45) is 3.52. The number of carbonyl (C=O) groups excluding carboxylic acids is 1. The van der Waals surface area contributed by atoms with Gasteiger partial charge in [0.1, 0.15) is 12.4 Å². The zero-order valence-electron chi connectivity index (χ0n) is 18.1. The molecule has 0 unspecified atom stereocenters. The molecule has 0 spiro atoms. The number of carboxylic acids is 1. The number of hydrogen-bond donors (Lipinski definition) is 1. The van der Waals surface area contributed by atoms with Crippen LogP contribution in [0.25, 0.3) is 6.08 Å². The Morgan fingerprint density at radius 3 is 2.25 bits per heavy atom. The van der Waals surface area contributed by atoms with Crippen LogP contribution in [0.2, 0.25) is 0 Å². The van der Waals surface area contributed by atoms with Gasteiger partial charge in [-0.2, -0.15) is 0 Å². The smallest absolute Gasteiger partial charge is 0.328 e. The highest BCUT2D eigenvalue weighted by molar-refractivity contribution is 5.86. The van der Waals surface area contributed by atoms with Crippen molar-refractivity contribution < 1.29 is 19.4 Å². The third kappa shape index (κ3) is 7.13. The van der Waals surface area contributed by atoms with Gasteiger partial charge in [-0.3, -0.25) is 4.79 Å². The number of aliphatic carboxylic acids is 1. The molecule has 0 radical (unpaired) electrons. The maximum Gasteiger partial charge on any atom is 0.328 e. The molecule has 164 valence electrons. The topological polar surface area (TPSA) is 66.8 Å². The molecular formula is C27H27NO4. The number of hydrogen-bond acceptors (Lipinski definition) is 3. The van der Waals surface area contributed by atoms with Gasteiger partial charge in [0, 0.05) is 19.7 Å². The third-order valence-corrected chi connectivity index (χ3v) is 5.11. The molecule has 0 bridgehead atoms. The van der Waals surface area contributed by atoms with Gasteiger partial charge in [-0.05, 0) is 46.9 Å². The Morgan fingerprint density at radius 2 is 1.59 bits per heavy atom. The summed E-state index contributed by atoms with van der Waals surface area (Å²) in [7, 11) is 1.79.